The van der Waals surface area contributed by atoms with Crippen LogP contribution in [0.1, 0.15) is 55.7 Å². The number of epoxide rings is 2. The van der Waals surface area contributed by atoms with E-state index >= 15 is 0 Å². The molecule has 1 aliphatic carbocycles. The lowest BCUT2D eigenvalue weighted by Crippen LogP contribution is -2.19. The first-order chi connectivity index (χ1) is 17.0. The molecule has 0 spiro atoms. The monoisotopic (exact) mass is 480 g/mol. The molecule has 0 saturated carbocycles. The van der Waals surface area contributed by atoms with Crippen molar-refractivity contribution in [1.82, 2.24) is 0 Å². The highest BCUT2D eigenvalue weighted by Gasteiger charge is 2.25. The summed E-state index contributed by atoms with van der Waals surface area (Å²) in [6.45, 7) is 8.71. The predicted molar refractivity (Wildman–Crippen MR) is 134 cm³/mol. The van der Waals surface area contributed by atoms with E-state index in [0.29, 0.717) is 19.1 Å². The fourth-order valence-corrected chi connectivity index (χ4v) is 4.45. The minimum atomic E-state index is -0.289. The molecule has 6 nitrogen and oxygen atoms in total. The molecule has 5 atom stereocenters. The Morgan fingerprint density at radius 2 is 1.54 bits per heavy atom. The summed E-state index contributed by atoms with van der Waals surface area (Å²) in [5, 5.41) is 0. The van der Waals surface area contributed by atoms with Crippen LogP contribution in [0.15, 0.2) is 48.5 Å². The minimum Gasteiger partial charge on any atom is -0.465 e. The van der Waals surface area contributed by atoms with Crippen LogP contribution in [0.5, 0.6) is 11.5 Å². The van der Waals surface area contributed by atoms with Crippen LogP contribution in [0.2, 0.25) is 0 Å². The Balaban J connectivity index is 1.12. The summed E-state index contributed by atoms with van der Waals surface area (Å²) in [5.41, 5.74) is 5.18. The maximum atomic E-state index is 5.98. The maximum Gasteiger partial charge on any atom is 0.197 e. The van der Waals surface area contributed by atoms with E-state index in [-0.39, 0.29) is 24.8 Å². The second-order valence-corrected chi connectivity index (χ2v) is 9.70. The normalized spacial score (nSPS) is 24.9. The second kappa shape index (κ2) is 11.1. The Bertz CT molecular complexity index is 1010. The Kier molecular flexibility index (Phi) is 7.73. The summed E-state index contributed by atoms with van der Waals surface area (Å²) in [5.74, 6) is 2.24. The molecule has 0 bridgehead atoms. The fraction of sp³-hybridized carbons (Fsp3) is 0.517. The summed E-state index contributed by atoms with van der Waals surface area (Å²) in [4.78, 5) is 0. The molecule has 3 aliphatic rings. The van der Waals surface area contributed by atoms with Crippen molar-refractivity contribution in [2.45, 2.75) is 70.7 Å². The zero-order chi connectivity index (χ0) is 24.2. The average molecular weight is 481 g/mol. The van der Waals surface area contributed by atoms with E-state index in [1.807, 2.05) is 26.0 Å². The molecule has 2 saturated heterocycles. The summed E-state index contributed by atoms with van der Waals surface area (Å²) in [6, 6.07) is 14.9. The van der Waals surface area contributed by atoms with Crippen molar-refractivity contribution in [3.63, 3.8) is 0 Å². The van der Waals surface area contributed by atoms with E-state index in [2.05, 4.69) is 43.3 Å². The zero-order valence-corrected chi connectivity index (χ0v) is 20.9. The van der Waals surface area contributed by atoms with Gasteiger partial charge in [-0.25, -0.2) is 0 Å². The van der Waals surface area contributed by atoms with E-state index in [1.54, 1.807) is 0 Å². The van der Waals surface area contributed by atoms with Crippen LogP contribution >= 0.6 is 0 Å². The summed E-state index contributed by atoms with van der Waals surface area (Å²) >= 11 is 0. The van der Waals surface area contributed by atoms with E-state index in [9.17, 15) is 0 Å². The standard InChI is InChI=1S/C29H36O6/c1-19-14-25(10-13-29(19)35-21(3)31-16-28-18-33-28)24-6-4-22(5-7-24)23-8-11-26(12-9-23)34-20(2)30-15-27-17-32-27/h6,8-14,20-22,27-28H,4-5,7,15-18H2,1-3H3. The lowest BCUT2D eigenvalue weighted by atomic mass is 9.82. The van der Waals surface area contributed by atoms with Gasteiger partial charge in [0, 0.05) is 0 Å². The third kappa shape index (κ3) is 7.07. The number of allylic oxidation sites excluding steroid dienone is 2. The van der Waals surface area contributed by atoms with E-state index in [0.717, 1.165) is 49.5 Å². The second-order valence-electron chi connectivity index (χ2n) is 9.70. The first-order valence-electron chi connectivity index (χ1n) is 12.7. The maximum absolute atomic E-state index is 5.98. The fourth-order valence-electron chi connectivity index (χ4n) is 4.45. The molecule has 2 aliphatic heterocycles. The van der Waals surface area contributed by atoms with E-state index in [1.165, 1.54) is 16.7 Å². The van der Waals surface area contributed by atoms with Crippen LogP contribution in [0.4, 0.5) is 0 Å². The molecular weight excluding hydrogens is 444 g/mol. The Morgan fingerprint density at radius 1 is 0.886 bits per heavy atom. The summed E-state index contributed by atoms with van der Waals surface area (Å²) in [6.07, 6.45) is 5.57. The van der Waals surface area contributed by atoms with E-state index < -0.39 is 0 Å². The van der Waals surface area contributed by atoms with Crippen LogP contribution in [-0.2, 0) is 18.9 Å². The molecular formula is C29H36O6. The summed E-state index contributed by atoms with van der Waals surface area (Å²) in [7, 11) is 0. The highest BCUT2D eigenvalue weighted by molar-refractivity contribution is 5.68. The topological polar surface area (TPSA) is 62.0 Å². The molecule has 6 heteroatoms. The quantitative estimate of drug-likeness (QED) is 0.290. The zero-order valence-electron chi connectivity index (χ0n) is 20.9. The van der Waals surface area contributed by atoms with Gasteiger partial charge in [-0.15, -0.1) is 0 Å². The van der Waals surface area contributed by atoms with Crippen molar-refractivity contribution in [2.75, 3.05) is 26.4 Å². The lowest BCUT2D eigenvalue weighted by Gasteiger charge is -2.24. The highest BCUT2D eigenvalue weighted by Crippen LogP contribution is 2.37. The van der Waals surface area contributed by atoms with Crippen molar-refractivity contribution < 1.29 is 28.4 Å². The van der Waals surface area contributed by atoms with Crippen molar-refractivity contribution in [1.29, 1.82) is 0 Å². The molecule has 5 rings (SSSR count). The van der Waals surface area contributed by atoms with Gasteiger partial charge in [-0.05, 0) is 92.5 Å². The van der Waals surface area contributed by atoms with Gasteiger partial charge in [0.25, 0.3) is 0 Å². The molecule has 2 heterocycles. The molecule has 2 aromatic rings. The minimum absolute atomic E-state index is 0.244. The van der Waals surface area contributed by atoms with Crippen LogP contribution in [0.25, 0.3) is 5.57 Å². The van der Waals surface area contributed by atoms with E-state index in [4.69, 9.17) is 28.4 Å². The van der Waals surface area contributed by atoms with Gasteiger partial charge in [0.2, 0.25) is 0 Å². The van der Waals surface area contributed by atoms with Crippen LogP contribution in [-0.4, -0.2) is 51.2 Å². The first-order valence-corrected chi connectivity index (χ1v) is 12.7. The molecule has 0 N–H and O–H groups in total. The number of hydrogen-bond acceptors (Lipinski definition) is 6. The predicted octanol–water partition coefficient (Wildman–Crippen LogP) is 5.63. The van der Waals surface area contributed by atoms with Crippen LogP contribution in [0.3, 0.4) is 0 Å². The van der Waals surface area contributed by atoms with Crippen molar-refractivity contribution >= 4 is 5.57 Å². The lowest BCUT2D eigenvalue weighted by molar-refractivity contribution is -0.0713. The largest absolute Gasteiger partial charge is 0.465 e. The number of rotatable bonds is 12. The van der Waals surface area contributed by atoms with Crippen LogP contribution in [0, 0.1) is 6.92 Å². The van der Waals surface area contributed by atoms with Gasteiger partial charge in [-0.1, -0.05) is 24.3 Å². The highest BCUT2D eigenvalue weighted by atomic mass is 16.7. The third-order valence-corrected chi connectivity index (χ3v) is 6.74. The molecule has 0 radical (unpaired) electrons. The number of hydrogen-bond donors (Lipinski definition) is 0. The molecule has 5 unspecified atom stereocenters. The average Bonchev–Trinajstić information content (AvgIpc) is 3.79. The van der Waals surface area contributed by atoms with Crippen LogP contribution < -0.4 is 9.47 Å². The van der Waals surface area contributed by atoms with Gasteiger partial charge in [-0.2, -0.15) is 0 Å². The Hall–Kier alpha value is -2.38. The molecule has 0 amide bonds. The molecule has 188 valence electrons. The van der Waals surface area contributed by atoms with Gasteiger partial charge in [0.15, 0.2) is 12.6 Å². The molecule has 35 heavy (non-hydrogen) atoms. The SMILES string of the molecule is Cc1cc(C2=CCC(c3ccc(OC(C)OCC4CO4)cc3)CC2)ccc1OC(C)OCC1CO1. The molecule has 2 aromatic carbocycles. The van der Waals surface area contributed by atoms with Crippen molar-refractivity contribution in [3.05, 3.63) is 65.2 Å². The van der Waals surface area contributed by atoms with Gasteiger partial charge in [-0.3, -0.25) is 0 Å². The van der Waals surface area contributed by atoms with Gasteiger partial charge in [0.05, 0.1) is 26.4 Å². The number of aryl methyl sites for hydroxylation is 1. The van der Waals surface area contributed by atoms with Crippen molar-refractivity contribution in [2.24, 2.45) is 0 Å². The van der Waals surface area contributed by atoms with Crippen molar-refractivity contribution in [3.8, 4) is 11.5 Å². The molecule has 2 fully saturated rings. The summed E-state index contributed by atoms with van der Waals surface area (Å²) < 4.78 is 33.6. The number of ether oxygens (including phenoxy) is 6. The first kappa shape index (κ1) is 24.3. The smallest absolute Gasteiger partial charge is 0.197 e. The van der Waals surface area contributed by atoms with Gasteiger partial charge in [0.1, 0.15) is 23.7 Å². The molecule has 0 aromatic heterocycles. The van der Waals surface area contributed by atoms with Gasteiger partial charge >= 0.3 is 0 Å². The Labute approximate surface area is 208 Å². The third-order valence-electron chi connectivity index (χ3n) is 6.74. The van der Waals surface area contributed by atoms with Gasteiger partial charge < -0.3 is 28.4 Å². The Morgan fingerprint density at radius 3 is 2.11 bits per heavy atom. The number of benzene rings is 2.